The van der Waals surface area contributed by atoms with Crippen molar-refractivity contribution in [2.45, 2.75) is 19.4 Å². The predicted octanol–water partition coefficient (Wildman–Crippen LogP) is 1.15. The Morgan fingerprint density at radius 1 is 1.35 bits per heavy atom. The first kappa shape index (κ1) is 15.5. The SMILES string of the molecule is CSCC[C@H]1NC(=O)N(c2cc(-n3cnnn3)ccc2C)C1=O. The highest BCUT2D eigenvalue weighted by atomic mass is 32.2. The number of nitrogens with one attached hydrogen (secondary N) is 1. The minimum absolute atomic E-state index is 0.221. The van der Waals surface area contributed by atoms with E-state index in [9.17, 15) is 9.59 Å². The molecule has 2 aromatic rings. The number of hydrogen-bond acceptors (Lipinski definition) is 6. The molecule has 1 atom stereocenters. The van der Waals surface area contributed by atoms with E-state index in [1.54, 1.807) is 17.8 Å². The monoisotopic (exact) mass is 332 g/mol. The summed E-state index contributed by atoms with van der Waals surface area (Å²) in [6, 6.07) is 4.55. The number of urea groups is 1. The van der Waals surface area contributed by atoms with Crippen LogP contribution in [0, 0.1) is 6.92 Å². The second-order valence-electron chi connectivity index (χ2n) is 5.18. The quantitative estimate of drug-likeness (QED) is 0.826. The molecule has 2 heterocycles. The number of carbonyl (C=O) groups excluding carboxylic acids is 2. The first-order valence-corrected chi connectivity index (χ1v) is 8.48. The van der Waals surface area contributed by atoms with Crippen molar-refractivity contribution in [3.63, 3.8) is 0 Å². The Morgan fingerprint density at radius 2 is 2.17 bits per heavy atom. The summed E-state index contributed by atoms with van der Waals surface area (Å²) < 4.78 is 1.48. The van der Waals surface area contributed by atoms with Crippen LogP contribution in [-0.4, -0.2) is 50.2 Å². The van der Waals surface area contributed by atoms with Gasteiger partial charge in [0.1, 0.15) is 12.4 Å². The molecule has 23 heavy (non-hydrogen) atoms. The molecule has 1 aromatic heterocycles. The molecule has 1 aliphatic heterocycles. The normalized spacial score (nSPS) is 17.7. The zero-order valence-corrected chi connectivity index (χ0v) is 13.6. The van der Waals surface area contributed by atoms with Crippen molar-refractivity contribution in [3.05, 3.63) is 30.1 Å². The van der Waals surface area contributed by atoms with E-state index in [2.05, 4.69) is 20.8 Å². The number of amides is 3. The highest BCUT2D eigenvalue weighted by molar-refractivity contribution is 7.98. The van der Waals surface area contributed by atoms with Crippen molar-refractivity contribution in [1.82, 2.24) is 25.5 Å². The Labute approximate surface area is 137 Å². The van der Waals surface area contributed by atoms with Crippen molar-refractivity contribution in [1.29, 1.82) is 0 Å². The van der Waals surface area contributed by atoms with Crippen molar-refractivity contribution >= 4 is 29.4 Å². The maximum atomic E-state index is 12.6. The molecule has 1 fully saturated rings. The van der Waals surface area contributed by atoms with E-state index in [1.807, 2.05) is 25.3 Å². The number of carbonyl (C=O) groups is 2. The van der Waals surface area contributed by atoms with Gasteiger partial charge >= 0.3 is 6.03 Å². The van der Waals surface area contributed by atoms with Gasteiger partial charge in [0.15, 0.2) is 0 Å². The van der Waals surface area contributed by atoms with Crippen LogP contribution in [0.5, 0.6) is 0 Å². The third kappa shape index (κ3) is 2.91. The zero-order valence-electron chi connectivity index (χ0n) is 12.8. The summed E-state index contributed by atoms with van der Waals surface area (Å²) in [4.78, 5) is 26.0. The van der Waals surface area contributed by atoms with Crippen LogP contribution in [-0.2, 0) is 4.79 Å². The van der Waals surface area contributed by atoms with Gasteiger partial charge in [-0.1, -0.05) is 6.07 Å². The van der Waals surface area contributed by atoms with Crippen LogP contribution in [0.4, 0.5) is 10.5 Å². The summed E-state index contributed by atoms with van der Waals surface area (Å²) in [5.41, 5.74) is 2.06. The number of nitrogens with zero attached hydrogens (tertiary/aromatic N) is 5. The molecule has 1 saturated heterocycles. The molecule has 0 saturated carbocycles. The number of aryl methyl sites for hydroxylation is 1. The third-order valence-corrected chi connectivity index (χ3v) is 4.32. The molecule has 9 heteroatoms. The standard InChI is InChI=1S/C14H16N6O2S/c1-9-3-4-10(19-8-15-17-18-19)7-12(9)20-13(21)11(5-6-23-2)16-14(20)22/h3-4,7-8,11H,5-6H2,1-2H3,(H,16,22)/t11-/m1/s1. The number of thioether (sulfide) groups is 1. The Balaban J connectivity index is 1.93. The fourth-order valence-electron chi connectivity index (χ4n) is 2.45. The second-order valence-corrected chi connectivity index (χ2v) is 6.17. The summed E-state index contributed by atoms with van der Waals surface area (Å²) >= 11 is 1.65. The lowest BCUT2D eigenvalue weighted by molar-refractivity contribution is -0.118. The lowest BCUT2D eigenvalue weighted by Gasteiger charge is -2.17. The molecule has 1 aliphatic rings. The van der Waals surface area contributed by atoms with E-state index in [1.165, 1.54) is 15.9 Å². The Kier molecular flexibility index (Phi) is 4.28. The van der Waals surface area contributed by atoms with E-state index in [0.717, 1.165) is 11.3 Å². The molecular weight excluding hydrogens is 316 g/mol. The summed E-state index contributed by atoms with van der Waals surface area (Å²) in [6.45, 7) is 1.86. The maximum absolute atomic E-state index is 12.6. The van der Waals surface area contributed by atoms with Crippen LogP contribution < -0.4 is 10.2 Å². The van der Waals surface area contributed by atoms with Crippen LogP contribution in [0.1, 0.15) is 12.0 Å². The molecular formula is C14H16N6O2S. The highest BCUT2D eigenvalue weighted by Gasteiger charge is 2.39. The minimum Gasteiger partial charge on any atom is -0.325 e. The average Bonchev–Trinajstić information content (AvgIpc) is 3.15. The Hall–Kier alpha value is -2.42. The van der Waals surface area contributed by atoms with Crippen LogP contribution >= 0.6 is 11.8 Å². The van der Waals surface area contributed by atoms with Gasteiger partial charge in [-0.3, -0.25) is 4.79 Å². The zero-order chi connectivity index (χ0) is 16.4. The van der Waals surface area contributed by atoms with Crippen molar-refractivity contribution in [2.24, 2.45) is 0 Å². The number of benzene rings is 1. The third-order valence-electron chi connectivity index (χ3n) is 3.68. The van der Waals surface area contributed by atoms with Crippen molar-refractivity contribution in [2.75, 3.05) is 16.9 Å². The first-order valence-electron chi connectivity index (χ1n) is 7.09. The topological polar surface area (TPSA) is 93.0 Å². The van der Waals surface area contributed by atoms with E-state index in [4.69, 9.17) is 0 Å². The fourth-order valence-corrected chi connectivity index (χ4v) is 2.92. The molecule has 0 bridgehead atoms. The Bertz CT molecular complexity index is 733. The smallest absolute Gasteiger partial charge is 0.325 e. The van der Waals surface area contributed by atoms with E-state index in [-0.39, 0.29) is 5.91 Å². The predicted molar refractivity (Wildman–Crippen MR) is 86.7 cm³/mol. The molecule has 0 spiro atoms. The van der Waals surface area contributed by atoms with Gasteiger partial charge in [0.2, 0.25) is 0 Å². The summed E-state index contributed by atoms with van der Waals surface area (Å²) in [6.07, 6.45) is 4.05. The van der Waals surface area contributed by atoms with Gasteiger partial charge in [0.25, 0.3) is 5.91 Å². The number of aromatic nitrogens is 4. The molecule has 8 nitrogen and oxygen atoms in total. The largest absolute Gasteiger partial charge is 0.329 e. The number of rotatable bonds is 5. The highest BCUT2D eigenvalue weighted by Crippen LogP contribution is 2.27. The molecule has 0 radical (unpaired) electrons. The van der Waals surface area contributed by atoms with Crippen molar-refractivity contribution < 1.29 is 9.59 Å². The summed E-state index contributed by atoms with van der Waals surface area (Å²) in [5.74, 6) is 0.592. The van der Waals surface area contributed by atoms with Gasteiger partial charge in [0.05, 0.1) is 11.4 Å². The van der Waals surface area contributed by atoms with E-state index >= 15 is 0 Å². The molecule has 1 aromatic carbocycles. The lowest BCUT2D eigenvalue weighted by atomic mass is 10.1. The lowest BCUT2D eigenvalue weighted by Crippen LogP contribution is -2.32. The molecule has 3 amide bonds. The van der Waals surface area contributed by atoms with E-state index in [0.29, 0.717) is 17.8 Å². The van der Waals surface area contributed by atoms with Gasteiger partial charge in [-0.25, -0.2) is 14.4 Å². The van der Waals surface area contributed by atoms with Crippen LogP contribution in [0.25, 0.3) is 5.69 Å². The fraction of sp³-hybridized carbons (Fsp3) is 0.357. The second kappa shape index (κ2) is 6.37. The molecule has 0 aliphatic carbocycles. The number of hydrogen-bond donors (Lipinski definition) is 1. The molecule has 120 valence electrons. The van der Waals surface area contributed by atoms with Gasteiger partial charge < -0.3 is 5.32 Å². The summed E-state index contributed by atoms with van der Waals surface area (Å²) in [5, 5.41) is 13.8. The number of tetrazole rings is 1. The first-order chi connectivity index (χ1) is 11.1. The number of anilines is 1. The van der Waals surface area contributed by atoms with Crippen LogP contribution in [0.2, 0.25) is 0 Å². The van der Waals surface area contributed by atoms with Crippen molar-refractivity contribution in [3.8, 4) is 5.69 Å². The minimum atomic E-state index is -0.467. The number of imide groups is 1. The van der Waals surface area contributed by atoms with Gasteiger partial charge in [-0.15, -0.1) is 5.10 Å². The molecule has 3 rings (SSSR count). The molecule has 1 N–H and O–H groups in total. The Morgan fingerprint density at radius 3 is 2.87 bits per heavy atom. The van der Waals surface area contributed by atoms with E-state index < -0.39 is 12.1 Å². The molecule has 0 unspecified atom stereocenters. The van der Waals surface area contributed by atoms with Crippen LogP contribution in [0.15, 0.2) is 24.5 Å². The summed E-state index contributed by atoms with van der Waals surface area (Å²) in [7, 11) is 0. The van der Waals surface area contributed by atoms with Crippen LogP contribution in [0.3, 0.4) is 0 Å². The van der Waals surface area contributed by atoms with Gasteiger partial charge in [0, 0.05) is 0 Å². The average molecular weight is 332 g/mol. The maximum Gasteiger partial charge on any atom is 0.329 e. The van der Waals surface area contributed by atoms with Gasteiger partial charge in [-0.05, 0) is 53.5 Å². The van der Waals surface area contributed by atoms with Gasteiger partial charge in [-0.2, -0.15) is 11.8 Å².